The molecule has 166 valence electrons. The number of rotatable bonds is 7. The molecule has 3 aromatic rings. The number of nitrogens with zero attached hydrogens (tertiary/aromatic N) is 1. The predicted molar refractivity (Wildman–Crippen MR) is 135 cm³/mol. The molecular weight excluding hydrogens is 555 g/mol. The highest BCUT2D eigenvalue weighted by atomic mass is 127. The van der Waals surface area contributed by atoms with E-state index in [4.69, 9.17) is 21.1 Å². The van der Waals surface area contributed by atoms with Crippen LogP contribution in [0.4, 0.5) is 5.69 Å². The van der Waals surface area contributed by atoms with Gasteiger partial charge in [0.05, 0.1) is 12.2 Å². The minimum absolute atomic E-state index is 0.0816. The highest BCUT2D eigenvalue weighted by molar-refractivity contribution is 14.1. The summed E-state index contributed by atoms with van der Waals surface area (Å²) in [6.45, 7) is 2.12. The predicted octanol–water partition coefficient (Wildman–Crippen LogP) is 6.11. The van der Waals surface area contributed by atoms with E-state index >= 15 is 0 Å². The molecular formula is C25H18ClIN2O4. The molecule has 0 fully saturated rings. The number of carbonyl (C=O) groups excluding carboxylic acids is 2. The lowest BCUT2D eigenvalue weighted by molar-refractivity contribution is -0.112. The summed E-state index contributed by atoms with van der Waals surface area (Å²) in [7, 11) is 0. The molecule has 0 heterocycles. The first-order chi connectivity index (χ1) is 15.9. The van der Waals surface area contributed by atoms with Crippen molar-refractivity contribution in [1.82, 2.24) is 0 Å². The first-order valence-electron chi connectivity index (χ1n) is 9.83. The zero-order valence-electron chi connectivity index (χ0n) is 17.5. The third-order valence-corrected chi connectivity index (χ3v) is 5.30. The molecule has 0 aliphatic rings. The smallest absolute Gasteiger partial charge is 0.343 e. The van der Waals surface area contributed by atoms with Crippen molar-refractivity contribution < 1.29 is 19.1 Å². The summed E-state index contributed by atoms with van der Waals surface area (Å²) in [4.78, 5) is 25.0. The molecule has 0 bridgehead atoms. The fourth-order valence-electron chi connectivity index (χ4n) is 2.76. The number of nitrogens with one attached hydrogen (secondary N) is 1. The average molecular weight is 573 g/mol. The second-order valence-electron chi connectivity index (χ2n) is 6.67. The molecule has 1 amide bonds. The van der Waals surface area contributed by atoms with E-state index in [0.29, 0.717) is 34.2 Å². The maximum atomic E-state index is 12.5. The Hall–Kier alpha value is -3.35. The van der Waals surface area contributed by atoms with Crippen molar-refractivity contribution >= 4 is 57.8 Å². The van der Waals surface area contributed by atoms with Gasteiger partial charge in [0.25, 0.3) is 5.91 Å². The molecule has 0 aliphatic carbocycles. The maximum Gasteiger partial charge on any atom is 0.343 e. The van der Waals surface area contributed by atoms with Crippen LogP contribution in [-0.4, -0.2) is 18.5 Å². The molecule has 3 rings (SSSR count). The van der Waals surface area contributed by atoms with E-state index < -0.39 is 11.9 Å². The number of anilines is 1. The molecule has 1 N–H and O–H groups in total. The molecule has 8 heteroatoms. The molecule has 0 saturated heterocycles. The normalized spacial score (nSPS) is 10.8. The van der Waals surface area contributed by atoms with Crippen LogP contribution < -0.4 is 14.8 Å². The van der Waals surface area contributed by atoms with Crippen LogP contribution in [-0.2, 0) is 4.79 Å². The molecule has 0 spiro atoms. The zero-order valence-corrected chi connectivity index (χ0v) is 20.4. The summed E-state index contributed by atoms with van der Waals surface area (Å²) in [6, 6.07) is 20.2. The van der Waals surface area contributed by atoms with Gasteiger partial charge in [-0.1, -0.05) is 17.7 Å². The number of esters is 1. The Balaban J connectivity index is 1.81. The van der Waals surface area contributed by atoms with Gasteiger partial charge in [0, 0.05) is 14.3 Å². The average Bonchev–Trinajstić information content (AvgIpc) is 2.81. The molecule has 6 nitrogen and oxygen atoms in total. The highest BCUT2D eigenvalue weighted by Gasteiger charge is 2.15. The van der Waals surface area contributed by atoms with E-state index in [0.717, 1.165) is 3.57 Å². The van der Waals surface area contributed by atoms with Gasteiger partial charge >= 0.3 is 5.97 Å². The van der Waals surface area contributed by atoms with E-state index in [-0.39, 0.29) is 11.3 Å². The minimum atomic E-state index is -0.564. The SMILES string of the molecule is CCOc1cc(/C=C(\C#N)C(=O)Nc2ccc(I)cc2)ccc1OC(=O)c1ccc(Cl)cc1. The quantitative estimate of drug-likeness (QED) is 0.121. The number of ether oxygens (including phenoxy) is 2. The van der Waals surface area contributed by atoms with Gasteiger partial charge in [-0.3, -0.25) is 4.79 Å². The summed E-state index contributed by atoms with van der Waals surface area (Å²) in [5.41, 5.74) is 1.38. The van der Waals surface area contributed by atoms with Crippen LogP contribution in [0.5, 0.6) is 11.5 Å². The number of carbonyl (C=O) groups is 2. The number of hydrogen-bond acceptors (Lipinski definition) is 5. The third kappa shape index (κ3) is 6.81. The van der Waals surface area contributed by atoms with Gasteiger partial charge in [-0.2, -0.15) is 5.26 Å². The van der Waals surface area contributed by atoms with Crippen LogP contribution in [0.3, 0.4) is 0 Å². The van der Waals surface area contributed by atoms with Gasteiger partial charge < -0.3 is 14.8 Å². The third-order valence-electron chi connectivity index (χ3n) is 4.33. The van der Waals surface area contributed by atoms with Gasteiger partial charge in [0.2, 0.25) is 0 Å². The first kappa shape index (κ1) is 24.3. The van der Waals surface area contributed by atoms with Crippen molar-refractivity contribution in [3.63, 3.8) is 0 Å². The van der Waals surface area contributed by atoms with Gasteiger partial charge in [0.1, 0.15) is 11.6 Å². The Labute approximate surface area is 209 Å². The highest BCUT2D eigenvalue weighted by Crippen LogP contribution is 2.30. The van der Waals surface area contributed by atoms with Crippen molar-refractivity contribution in [2.24, 2.45) is 0 Å². The van der Waals surface area contributed by atoms with Crippen molar-refractivity contribution in [3.8, 4) is 17.6 Å². The summed E-state index contributed by atoms with van der Waals surface area (Å²) in [5.74, 6) is -0.569. The number of amides is 1. The number of nitriles is 1. The van der Waals surface area contributed by atoms with Crippen molar-refractivity contribution in [1.29, 1.82) is 5.26 Å². The van der Waals surface area contributed by atoms with Crippen molar-refractivity contribution in [2.45, 2.75) is 6.92 Å². The molecule has 0 radical (unpaired) electrons. The Bertz CT molecular complexity index is 1230. The van der Waals surface area contributed by atoms with Crippen LogP contribution >= 0.6 is 34.2 Å². The van der Waals surface area contributed by atoms with E-state index in [1.807, 2.05) is 18.2 Å². The van der Waals surface area contributed by atoms with Gasteiger partial charge in [-0.05, 0) is 102 Å². The van der Waals surface area contributed by atoms with Gasteiger partial charge in [-0.15, -0.1) is 0 Å². The fraction of sp³-hybridized carbons (Fsp3) is 0.0800. The summed E-state index contributed by atoms with van der Waals surface area (Å²) >= 11 is 8.02. The largest absolute Gasteiger partial charge is 0.490 e. The van der Waals surface area contributed by atoms with Crippen LogP contribution in [0.15, 0.2) is 72.3 Å². The summed E-state index contributed by atoms with van der Waals surface area (Å²) in [5, 5.41) is 12.7. The molecule has 3 aromatic carbocycles. The van der Waals surface area contributed by atoms with Crippen molar-refractivity contribution in [3.05, 3.63) is 92.0 Å². The summed E-state index contributed by atoms with van der Waals surface area (Å²) in [6.07, 6.45) is 1.44. The lowest BCUT2D eigenvalue weighted by Crippen LogP contribution is -2.13. The van der Waals surface area contributed by atoms with E-state index in [9.17, 15) is 14.9 Å². The topological polar surface area (TPSA) is 88.4 Å². The number of benzene rings is 3. The second kappa shape index (κ2) is 11.5. The van der Waals surface area contributed by atoms with E-state index in [2.05, 4.69) is 27.9 Å². The van der Waals surface area contributed by atoms with Gasteiger partial charge in [0.15, 0.2) is 11.5 Å². The molecule has 0 saturated carbocycles. The number of hydrogen-bond donors (Lipinski definition) is 1. The second-order valence-corrected chi connectivity index (χ2v) is 8.35. The van der Waals surface area contributed by atoms with E-state index in [1.165, 1.54) is 6.08 Å². The lowest BCUT2D eigenvalue weighted by atomic mass is 10.1. The molecule has 33 heavy (non-hydrogen) atoms. The fourth-order valence-corrected chi connectivity index (χ4v) is 3.24. The van der Waals surface area contributed by atoms with Crippen molar-refractivity contribution in [2.75, 3.05) is 11.9 Å². The van der Waals surface area contributed by atoms with Gasteiger partial charge in [-0.25, -0.2) is 4.79 Å². The molecule has 0 aliphatic heterocycles. The Morgan fingerprint density at radius 3 is 2.39 bits per heavy atom. The number of halogens is 2. The Kier molecular flexibility index (Phi) is 8.46. The van der Waals surface area contributed by atoms with Crippen LogP contribution in [0.25, 0.3) is 6.08 Å². The van der Waals surface area contributed by atoms with Crippen LogP contribution in [0.1, 0.15) is 22.8 Å². The Morgan fingerprint density at radius 1 is 1.06 bits per heavy atom. The van der Waals surface area contributed by atoms with Crippen LogP contribution in [0, 0.1) is 14.9 Å². The maximum absolute atomic E-state index is 12.5. The molecule has 0 atom stereocenters. The summed E-state index contributed by atoms with van der Waals surface area (Å²) < 4.78 is 12.1. The monoisotopic (exact) mass is 572 g/mol. The minimum Gasteiger partial charge on any atom is -0.490 e. The molecule has 0 aromatic heterocycles. The molecule has 0 unspecified atom stereocenters. The van der Waals surface area contributed by atoms with Crippen LogP contribution in [0.2, 0.25) is 5.02 Å². The van der Waals surface area contributed by atoms with E-state index in [1.54, 1.807) is 61.5 Å². The standard InChI is InChI=1S/C25H18ClIN2O4/c1-2-32-23-14-16(3-12-22(23)33-25(31)17-4-6-19(26)7-5-17)13-18(15-28)24(30)29-21-10-8-20(27)9-11-21/h3-14H,2H2,1H3,(H,29,30)/b18-13+. The first-order valence-corrected chi connectivity index (χ1v) is 11.3. The Morgan fingerprint density at radius 2 is 1.76 bits per heavy atom. The zero-order chi connectivity index (χ0) is 23.8. The lowest BCUT2D eigenvalue weighted by Gasteiger charge is -2.12.